The van der Waals surface area contributed by atoms with Gasteiger partial charge in [-0.25, -0.2) is 4.98 Å². The SMILES string of the molecule is Cc1cccc(C(C)C)c1NC(=O)c1cn(CCN)cn1. The molecule has 3 N–H and O–H groups in total. The molecule has 0 aliphatic rings. The van der Waals surface area contributed by atoms with E-state index in [4.69, 9.17) is 5.73 Å². The number of aryl methyl sites for hydroxylation is 1. The van der Waals surface area contributed by atoms with Gasteiger partial charge in [-0.15, -0.1) is 0 Å². The maximum atomic E-state index is 12.3. The Morgan fingerprint density at radius 2 is 2.19 bits per heavy atom. The van der Waals surface area contributed by atoms with Gasteiger partial charge in [0.2, 0.25) is 0 Å². The van der Waals surface area contributed by atoms with Crippen LogP contribution in [0, 0.1) is 6.92 Å². The van der Waals surface area contributed by atoms with Gasteiger partial charge in [-0.1, -0.05) is 32.0 Å². The first kappa shape index (κ1) is 15.3. The summed E-state index contributed by atoms with van der Waals surface area (Å²) in [6.45, 7) is 7.39. The molecule has 2 aromatic rings. The number of anilines is 1. The molecule has 1 aromatic carbocycles. The summed E-state index contributed by atoms with van der Waals surface area (Å²) in [6, 6.07) is 6.05. The summed E-state index contributed by atoms with van der Waals surface area (Å²) in [5.41, 5.74) is 8.96. The molecule has 0 spiro atoms. The van der Waals surface area contributed by atoms with E-state index < -0.39 is 0 Å². The highest BCUT2D eigenvalue weighted by atomic mass is 16.1. The Labute approximate surface area is 125 Å². The Morgan fingerprint density at radius 3 is 2.86 bits per heavy atom. The quantitative estimate of drug-likeness (QED) is 0.887. The van der Waals surface area contributed by atoms with Gasteiger partial charge in [0.25, 0.3) is 5.91 Å². The van der Waals surface area contributed by atoms with Crippen LogP contribution in [-0.4, -0.2) is 22.0 Å². The van der Waals surface area contributed by atoms with E-state index >= 15 is 0 Å². The smallest absolute Gasteiger partial charge is 0.275 e. The third-order valence-corrected chi connectivity index (χ3v) is 3.42. The van der Waals surface area contributed by atoms with Crippen LogP contribution in [0.4, 0.5) is 5.69 Å². The molecule has 1 heterocycles. The minimum Gasteiger partial charge on any atom is -0.335 e. The average molecular weight is 286 g/mol. The second kappa shape index (κ2) is 6.54. The Hall–Kier alpha value is -2.14. The zero-order valence-corrected chi connectivity index (χ0v) is 12.8. The van der Waals surface area contributed by atoms with Crippen LogP contribution in [0.2, 0.25) is 0 Å². The predicted octanol–water partition coefficient (Wildman–Crippen LogP) is 2.53. The number of nitrogens with two attached hydrogens (primary N) is 1. The Bertz CT molecular complexity index is 631. The number of carbonyl (C=O) groups is 1. The molecule has 0 radical (unpaired) electrons. The van der Waals surface area contributed by atoms with Crippen molar-refractivity contribution in [2.24, 2.45) is 5.73 Å². The largest absolute Gasteiger partial charge is 0.335 e. The van der Waals surface area contributed by atoms with Crippen molar-refractivity contribution in [3.05, 3.63) is 47.5 Å². The van der Waals surface area contributed by atoms with E-state index in [1.807, 2.05) is 29.7 Å². The lowest BCUT2D eigenvalue weighted by molar-refractivity contribution is 0.102. The minimum absolute atomic E-state index is 0.193. The normalized spacial score (nSPS) is 10.9. The highest BCUT2D eigenvalue weighted by molar-refractivity contribution is 6.03. The number of nitrogens with zero attached hydrogens (tertiary/aromatic N) is 2. The summed E-state index contributed by atoms with van der Waals surface area (Å²) >= 11 is 0. The van der Waals surface area contributed by atoms with Gasteiger partial charge in [-0.3, -0.25) is 4.79 Å². The van der Waals surface area contributed by atoms with Crippen molar-refractivity contribution in [3.63, 3.8) is 0 Å². The molecule has 21 heavy (non-hydrogen) atoms. The van der Waals surface area contributed by atoms with Gasteiger partial charge in [0.15, 0.2) is 0 Å². The first-order chi connectivity index (χ1) is 10.0. The lowest BCUT2D eigenvalue weighted by atomic mass is 9.98. The second-order valence-electron chi connectivity index (χ2n) is 5.43. The second-order valence-corrected chi connectivity index (χ2v) is 5.43. The van der Waals surface area contributed by atoms with Crippen molar-refractivity contribution in [1.29, 1.82) is 0 Å². The van der Waals surface area contributed by atoms with Gasteiger partial charge < -0.3 is 15.6 Å². The third-order valence-electron chi connectivity index (χ3n) is 3.42. The summed E-state index contributed by atoms with van der Waals surface area (Å²) in [7, 11) is 0. The van der Waals surface area contributed by atoms with Crippen LogP contribution in [0.15, 0.2) is 30.7 Å². The number of hydrogen-bond acceptors (Lipinski definition) is 3. The molecule has 0 aliphatic heterocycles. The highest BCUT2D eigenvalue weighted by Gasteiger charge is 2.15. The lowest BCUT2D eigenvalue weighted by Gasteiger charge is -2.15. The molecule has 0 bridgehead atoms. The maximum Gasteiger partial charge on any atom is 0.275 e. The Balaban J connectivity index is 2.23. The number of imidazole rings is 1. The van der Waals surface area contributed by atoms with Crippen LogP contribution < -0.4 is 11.1 Å². The molecule has 0 unspecified atom stereocenters. The van der Waals surface area contributed by atoms with Crippen LogP contribution in [0.5, 0.6) is 0 Å². The van der Waals surface area contributed by atoms with Gasteiger partial charge in [-0.2, -0.15) is 0 Å². The van der Waals surface area contributed by atoms with Crippen molar-refractivity contribution in [2.75, 3.05) is 11.9 Å². The molecule has 1 aromatic heterocycles. The van der Waals surface area contributed by atoms with Gasteiger partial charge in [0.05, 0.1) is 6.33 Å². The molecule has 0 fully saturated rings. The van der Waals surface area contributed by atoms with Crippen LogP contribution in [0.3, 0.4) is 0 Å². The van der Waals surface area contributed by atoms with Crippen LogP contribution in [-0.2, 0) is 6.54 Å². The first-order valence-electron chi connectivity index (χ1n) is 7.15. The standard InChI is InChI=1S/C16H22N4O/c1-11(2)13-6-4-5-12(3)15(13)19-16(21)14-9-20(8-7-17)10-18-14/h4-6,9-11H,7-8,17H2,1-3H3,(H,19,21). The summed E-state index contributed by atoms with van der Waals surface area (Å²) in [6.07, 6.45) is 3.35. The molecular formula is C16H22N4O. The van der Waals surface area contributed by atoms with Gasteiger partial charge in [-0.05, 0) is 24.0 Å². The summed E-state index contributed by atoms with van der Waals surface area (Å²) in [5, 5.41) is 2.99. The Kier molecular flexibility index (Phi) is 4.75. The minimum atomic E-state index is -0.193. The molecule has 2 rings (SSSR count). The van der Waals surface area contributed by atoms with Crippen molar-refractivity contribution in [2.45, 2.75) is 33.2 Å². The van der Waals surface area contributed by atoms with E-state index in [-0.39, 0.29) is 5.91 Å². The number of aromatic nitrogens is 2. The number of benzene rings is 1. The molecule has 0 saturated carbocycles. The summed E-state index contributed by atoms with van der Waals surface area (Å²) in [5.74, 6) is 0.150. The Morgan fingerprint density at radius 1 is 1.43 bits per heavy atom. The van der Waals surface area contributed by atoms with Gasteiger partial charge >= 0.3 is 0 Å². The monoisotopic (exact) mass is 286 g/mol. The summed E-state index contributed by atoms with van der Waals surface area (Å²) in [4.78, 5) is 16.5. The number of hydrogen-bond donors (Lipinski definition) is 2. The number of nitrogens with one attached hydrogen (secondary N) is 1. The van der Waals surface area contributed by atoms with Crippen LogP contribution >= 0.6 is 0 Å². The number of rotatable bonds is 5. The van der Waals surface area contributed by atoms with Crippen LogP contribution in [0.25, 0.3) is 0 Å². The van der Waals surface area contributed by atoms with Gasteiger partial charge in [0, 0.05) is 25.0 Å². The molecular weight excluding hydrogens is 264 g/mol. The molecule has 1 amide bonds. The topological polar surface area (TPSA) is 72.9 Å². The van der Waals surface area contributed by atoms with Crippen molar-refractivity contribution < 1.29 is 4.79 Å². The average Bonchev–Trinajstić information content (AvgIpc) is 2.90. The number of carbonyl (C=O) groups excluding carboxylic acids is 1. The van der Waals surface area contributed by atoms with E-state index in [1.165, 1.54) is 0 Å². The van der Waals surface area contributed by atoms with E-state index in [9.17, 15) is 4.79 Å². The predicted molar refractivity (Wildman–Crippen MR) is 84.5 cm³/mol. The molecule has 5 nitrogen and oxygen atoms in total. The fourth-order valence-electron chi connectivity index (χ4n) is 2.27. The molecule has 0 atom stereocenters. The van der Waals surface area contributed by atoms with E-state index in [1.54, 1.807) is 12.5 Å². The van der Waals surface area contributed by atoms with Crippen molar-refractivity contribution in [1.82, 2.24) is 9.55 Å². The first-order valence-corrected chi connectivity index (χ1v) is 7.15. The highest BCUT2D eigenvalue weighted by Crippen LogP contribution is 2.27. The van der Waals surface area contributed by atoms with E-state index in [0.717, 1.165) is 16.8 Å². The number of para-hydroxylation sites is 1. The molecule has 112 valence electrons. The molecule has 0 saturated heterocycles. The van der Waals surface area contributed by atoms with Crippen molar-refractivity contribution in [3.8, 4) is 0 Å². The zero-order chi connectivity index (χ0) is 15.4. The van der Waals surface area contributed by atoms with Crippen molar-refractivity contribution >= 4 is 11.6 Å². The molecule has 0 aliphatic carbocycles. The summed E-state index contributed by atoms with van der Waals surface area (Å²) < 4.78 is 1.82. The zero-order valence-electron chi connectivity index (χ0n) is 12.8. The molecule has 5 heteroatoms. The fourth-order valence-corrected chi connectivity index (χ4v) is 2.27. The maximum absolute atomic E-state index is 12.3. The van der Waals surface area contributed by atoms with Crippen LogP contribution in [0.1, 0.15) is 41.4 Å². The van der Waals surface area contributed by atoms with E-state index in [0.29, 0.717) is 24.7 Å². The third kappa shape index (κ3) is 3.49. The fraction of sp³-hybridized carbons (Fsp3) is 0.375. The van der Waals surface area contributed by atoms with Gasteiger partial charge in [0.1, 0.15) is 5.69 Å². The lowest BCUT2D eigenvalue weighted by Crippen LogP contribution is -2.15. The number of amides is 1. The van der Waals surface area contributed by atoms with E-state index in [2.05, 4.69) is 24.1 Å².